The van der Waals surface area contributed by atoms with E-state index in [0.717, 1.165) is 10.0 Å². The molecule has 0 spiro atoms. The highest BCUT2D eigenvalue weighted by Gasteiger charge is 2.29. The number of nitrogens with two attached hydrogens (primary N) is 1. The molecule has 2 N–H and O–H groups in total. The lowest BCUT2D eigenvalue weighted by atomic mass is 10.1. The molecule has 0 bridgehead atoms. The third kappa shape index (κ3) is 3.95. The highest BCUT2D eigenvalue weighted by Crippen LogP contribution is 2.29. The summed E-state index contributed by atoms with van der Waals surface area (Å²) in [6.45, 7) is 1.73. The zero-order valence-corrected chi connectivity index (χ0v) is 16.9. The van der Waals surface area contributed by atoms with Gasteiger partial charge in [0.25, 0.3) is 5.91 Å². The van der Waals surface area contributed by atoms with Crippen molar-refractivity contribution in [2.24, 2.45) is 10.2 Å². The Labute approximate surface area is 165 Å². The van der Waals surface area contributed by atoms with Crippen LogP contribution in [-0.4, -0.2) is 27.1 Å². The van der Waals surface area contributed by atoms with Crippen molar-refractivity contribution in [1.82, 2.24) is 0 Å². The van der Waals surface area contributed by atoms with E-state index in [9.17, 15) is 13.2 Å². The van der Waals surface area contributed by atoms with E-state index in [2.05, 4.69) is 21.0 Å². The Morgan fingerprint density at radius 3 is 2.44 bits per heavy atom. The van der Waals surface area contributed by atoms with Gasteiger partial charge in [0.15, 0.2) is 0 Å². The lowest BCUT2D eigenvalue weighted by Gasteiger charge is -2.12. The van der Waals surface area contributed by atoms with Crippen molar-refractivity contribution in [1.29, 1.82) is 0 Å². The highest BCUT2D eigenvalue weighted by molar-refractivity contribution is 9.10. The van der Waals surface area contributed by atoms with E-state index < -0.39 is 10.0 Å². The molecule has 1 aliphatic rings. The van der Waals surface area contributed by atoms with Crippen LogP contribution in [-0.2, 0) is 14.8 Å². The van der Waals surface area contributed by atoms with Crippen LogP contribution in [0.2, 0.25) is 0 Å². The van der Waals surface area contributed by atoms with Gasteiger partial charge in [0.2, 0.25) is 10.0 Å². The average Bonchev–Trinajstić information content (AvgIpc) is 2.89. The van der Waals surface area contributed by atoms with Crippen LogP contribution in [0.4, 0.5) is 5.69 Å². The number of amides is 1. The van der Waals surface area contributed by atoms with Crippen molar-refractivity contribution in [2.45, 2.75) is 11.8 Å². The molecule has 0 atom stereocenters. The molecule has 0 saturated carbocycles. The second-order valence-corrected chi connectivity index (χ2v) is 8.26. The van der Waals surface area contributed by atoms with E-state index >= 15 is 0 Å². The summed E-state index contributed by atoms with van der Waals surface area (Å²) in [5, 5.41) is 10.6. The number of benzene rings is 2. The van der Waals surface area contributed by atoms with Gasteiger partial charge in [0.1, 0.15) is 5.75 Å². The lowest BCUT2D eigenvalue weighted by Crippen LogP contribution is -2.21. The van der Waals surface area contributed by atoms with Crippen LogP contribution >= 0.6 is 15.9 Å². The van der Waals surface area contributed by atoms with Crippen LogP contribution in [0.1, 0.15) is 12.5 Å². The summed E-state index contributed by atoms with van der Waals surface area (Å²) < 4.78 is 28.9. The van der Waals surface area contributed by atoms with Crippen LogP contribution in [0.3, 0.4) is 0 Å². The predicted octanol–water partition coefficient (Wildman–Crippen LogP) is 2.91. The van der Waals surface area contributed by atoms with E-state index in [1.54, 1.807) is 26.2 Å². The molecule has 9 heteroatoms. The molecule has 0 saturated heterocycles. The summed E-state index contributed by atoms with van der Waals surface area (Å²) in [4.78, 5) is 12.8. The summed E-state index contributed by atoms with van der Waals surface area (Å²) in [7, 11) is -2.24. The summed E-state index contributed by atoms with van der Waals surface area (Å²) in [5.74, 6) is 0.306. The number of sulfonamides is 1. The van der Waals surface area contributed by atoms with E-state index in [0.29, 0.717) is 22.7 Å². The van der Waals surface area contributed by atoms with Crippen LogP contribution in [0.25, 0.3) is 6.08 Å². The summed E-state index contributed by atoms with van der Waals surface area (Å²) in [5.41, 5.74) is 2.13. The fourth-order valence-electron chi connectivity index (χ4n) is 2.61. The maximum Gasteiger partial charge on any atom is 0.280 e. The lowest BCUT2D eigenvalue weighted by molar-refractivity contribution is -0.114. The van der Waals surface area contributed by atoms with Crippen molar-refractivity contribution in [3.05, 3.63) is 58.1 Å². The smallest absolute Gasteiger partial charge is 0.280 e. The van der Waals surface area contributed by atoms with Crippen molar-refractivity contribution in [3.63, 3.8) is 0 Å². The zero-order chi connectivity index (χ0) is 19.8. The molecule has 2 aromatic rings. The molecule has 1 aliphatic heterocycles. The maximum atomic E-state index is 12.8. The minimum atomic E-state index is -3.80. The molecule has 1 amide bonds. The largest absolute Gasteiger partial charge is 0.496 e. The van der Waals surface area contributed by atoms with Crippen molar-refractivity contribution in [2.75, 3.05) is 12.1 Å². The first kappa shape index (κ1) is 19.3. The molecule has 0 radical (unpaired) electrons. The molecular formula is C18H16BrN3O4S. The Morgan fingerprint density at radius 2 is 1.85 bits per heavy atom. The Kier molecular flexibility index (Phi) is 5.18. The molecular weight excluding hydrogens is 434 g/mol. The fourth-order valence-corrected chi connectivity index (χ4v) is 3.50. The zero-order valence-electron chi connectivity index (χ0n) is 14.5. The number of carbonyl (C=O) groups excluding carboxylic acids is 1. The minimum absolute atomic E-state index is 0.0340. The normalized spacial score (nSPS) is 16.0. The number of methoxy groups -OCH3 is 1. The first-order valence-corrected chi connectivity index (χ1v) is 10.1. The highest BCUT2D eigenvalue weighted by atomic mass is 79.9. The van der Waals surface area contributed by atoms with E-state index in [4.69, 9.17) is 9.88 Å². The van der Waals surface area contributed by atoms with Crippen molar-refractivity contribution >= 4 is 49.3 Å². The van der Waals surface area contributed by atoms with Crippen molar-refractivity contribution in [3.8, 4) is 5.75 Å². The summed E-state index contributed by atoms with van der Waals surface area (Å²) in [6.07, 6.45) is 1.71. The van der Waals surface area contributed by atoms with E-state index in [1.807, 2.05) is 12.1 Å². The molecule has 3 rings (SSSR count). The first-order chi connectivity index (χ1) is 12.7. The Balaban J connectivity index is 1.96. The monoisotopic (exact) mass is 449 g/mol. The number of ether oxygens (including phenoxy) is 1. The van der Waals surface area contributed by atoms with Gasteiger partial charge >= 0.3 is 0 Å². The van der Waals surface area contributed by atoms with E-state index in [1.165, 1.54) is 29.3 Å². The molecule has 27 heavy (non-hydrogen) atoms. The maximum absolute atomic E-state index is 12.8. The number of hydrogen-bond donors (Lipinski definition) is 1. The molecule has 0 aromatic heterocycles. The summed E-state index contributed by atoms with van der Waals surface area (Å²) in [6, 6.07) is 11.1. The average molecular weight is 450 g/mol. The summed E-state index contributed by atoms with van der Waals surface area (Å²) >= 11 is 3.41. The molecule has 0 aliphatic carbocycles. The quantitative estimate of drug-likeness (QED) is 0.724. The molecule has 1 heterocycles. The van der Waals surface area contributed by atoms with Crippen LogP contribution < -0.4 is 14.9 Å². The van der Waals surface area contributed by atoms with Crippen LogP contribution in [0.5, 0.6) is 5.75 Å². The van der Waals surface area contributed by atoms with E-state index in [-0.39, 0.29) is 10.8 Å². The molecule has 7 nitrogen and oxygen atoms in total. The van der Waals surface area contributed by atoms with Crippen LogP contribution in [0, 0.1) is 0 Å². The second kappa shape index (κ2) is 7.26. The number of halogens is 1. The van der Waals surface area contributed by atoms with Gasteiger partial charge in [-0.05, 0) is 55.5 Å². The molecule has 0 fully saturated rings. The van der Waals surface area contributed by atoms with Gasteiger partial charge in [-0.15, -0.1) is 0 Å². The molecule has 0 unspecified atom stereocenters. The number of anilines is 1. The van der Waals surface area contributed by atoms with Gasteiger partial charge in [-0.25, -0.2) is 13.6 Å². The number of hydrazone groups is 1. The Bertz CT molecular complexity index is 1080. The topological polar surface area (TPSA) is 102 Å². The number of hydrogen-bond acceptors (Lipinski definition) is 5. The third-order valence-corrected chi connectivity index (χ3v) is 5.39. The minimum Gasteiger partial charge on any atom is -0.496 e. The Morgan fingerprint density at radius 1 is 1.19 bits per heavy atom. The number of primary sulfonamides is 1. The van der Waals surface area contributed by atoms with Crippen molar-refractivity contribution < 1.29 is 17.9 Å². The van der Waals surface area contributed by atoms with Gasteiger partial charge in [-0.3, -0.25) is 4.79 Å². The van der Waals surface area contributed by atoms with Gasteiger partial charge in [0.05, 0.1) is 29.0 Å². The van der Waals surface area contributed by atoms with Crippen LogP contribution in [0.15, 0.2) is 62.5 Å². The first-order valence-electron chi connectivity index (χ1n) is 7.79. The molecule has 2 aromatic carbocycles. The van der Waals surface area contributed by atoms with Gasteiger partial charge in [-0.1, -0.05) is 15.9 Å². The van der Waals surface area contributed by atoms with Gasteiger partial charge < -0.3 is 4.74 Å². The standard InChI is InChI=1S/C18H16BrN3O4S/c1-11-16(10-12-9-13(19)3-8-17(12)26-2)18(23)22(21-11)14-4-6-15(7-5-14)27(20,24)25/h3-10H,1-2H3,(H2,20,24,25). The number of nitrogens with zero attached hydrogens (tertiary/aromatic N) is 2. The second-order valence-electron chi connectivity index (χ2n) is 5.79. The fraction of sp³-hybridized carbons (Fsp3) is 0.111. The number of rotatable bonds is 4. The SMILES string of the molecule is COc1ccc(Br)cc1C=C1C(=O)N(c2ccc(S(N)(=O)=O)cc2)N=C1C. The Hall–Kier alpha value is -2.49. The van der Waals surface area contributed by atoms with Gasteiger partial charge in [-0.2, -0.15) is 10.1 Å². The van der Waals surface area contributed by atoms with Gasteiger partial charge in [0, 0.05) is 10.0 Å². The number of carbonyl (C=O) groups is 1. The molecule has 140 valence electrons. The predicted molar refractivity (Wildman–Crippen MR) is 107 cm³/mol. The third-order valence-electron chi connectivity index (χ3n) is 3.96.